The van der Waals surface area contributed by atoms with Crippen LogP contribution in [-0.2, 0) is 0 Å². The molecule has 1 atom stereocenters. The Balaban J connectivity index is 2.91. The predicted molar refractivity (Wildman–Crippen MR) is 57.9 cm³/mol. The molecular formula is C11H16ClN. The van der Waals surface area contributed by atoms with Crippen molar-refractivity contribution < 1.29 is 0 Å². The molecule has 13 heavy (non-hydrogen) atoms. The van der Waals surface area contributed by atoms with Crippen molar-refractivity contribution in [2.24, 2.45) is 0 Å². The van der Waals surface area contributed by atoms with Crippen molar-refractivity contribution in [3.8, 4) is 0 Å². The molecule has 0 spiro atoms. The number of halogens is 1. The zero-order valence-corrected chi connectivity index (χ0v) is 9.10. The van der Waals surface area contributed by atoms with Gasteiger partial charge in [0.15, 0.2) is 0 Å². The maximum absolute atomic E-state index is 5.57. The number of hydrogen-bond donors (Lipinski definition) is 1. The average Bonchev–Trinajstić information content (AvgIpc) is 2.17. The fraction of sp³-hybridized carbons (Fsp3) is 0.455. The summed E-state index contributed by atoms with van der Waals surface area (Å²) < 4.78 is 0. The molecule has 0 fully saturated rings. The summed E-state index contributed by atoms with van der Waals surface area (Å²) in [5.41, 5.74) is 2.59. The molecule has 1 N–H and O–H groups in total. The van der Waals surface area contributed by atoms with E-state index in [1.165, 1.54) is 11.1 Å². The second-order valence-electron chi connectivity index (χ2n) is 3.66. The highest BCUT2D eigenvalue weighted by Gasteiger charge is 2.05. The molecule has 0 amide bonds. The monoisotopic (exact) mass is 197 g/mol. The quantitative estimate of drug-likeness (QED) is 0.730. The lowest BCUT2D eigenvalue weighted by Crippen LogP contribution is -2.06. The minimum atomic E-state index is 0.209. The minimum absolute atomic E-state index is 0.209. The molecule has 1 aromatic carbocycles. The Bertz CT molecular complexity index is 271. The van der Waals surface area contributed by atoms with Crippen LogP contribution >= 0.6 is 11.8 Å². The van der Waals surface area contributed by atoms with Crippen molar-refractivity contribution in [3.05, 3.63) is 35.4 Å². The zero-order valence-electron chi connectivity index (χ0n) is 8.34. The van der Waals surface area contributed by atoms with Crippen molar-refractivity contribution >= 4 is 11.8 Å². The van der Waals surface area contributed by atoms with Crippen LogP contribution in [0.4, 0.5) is 0 Å². The lowest BCUT2D eigenvalue weighted by atomic mass is 9.99. The second-order valence-corrected chi connectivity index (χ2v) is 3.87. The molecule has 0 aliphatic carbocycles. The molecule has 0 aliphatic heterocycles. The first kappa shape index (κ1) is 10.6. The van der Waals surface area contributed by atoms with E-state index in [4.69, 9.17) is 11.8 Å². The SMILES string of the molecule is CC(C)c1cccc([C@H](C)NCl)c1. The second kappa shape index (κ2) is 4.64. The third-order valence-electron chi connectivity index (χ3n) is 2.24. The van der Waals surface area contributed by atoms with Crippen LogP contribution in [0.2, 0.25) is 0 Å². The minimum Gasteiger partial charge on any atom is -0.226 e. The molecule has 0 aliphatic rings. The van der Waals surface area contributed by atoms with E-state index < -0.39 is 0 Å². The van der Waals surface area contributed by atoms with E-state index in [1.54, 1.807) is 0 Å². The Kier molecular flexibility index (Phi) is 3.76. The van der Waals surface area contributed by atoms with Crippen LogP contribution in [-0.4, -0.2) is 0 Å². The van der Waals surface area contributed by atoms with Gasteiger partial charge in [0.05, 0.1) is 0 Å². The fourth-order valence-electron chi connectivity index (χ4n) is 1.25. The third kappa shape index (κ3) is 2.71. The first-order chi connectivity index (χ1) is 6.15. The number of benzene rings is 1. The van der Waals surface area contributed by atoms with E-state index in [2.05, 4.69) is 42.9 Å². The van der Waals surface area contributed by atoms with Crippen LogP contribution in [0.1, 0.15) is 43.9 Å². The predicted octanol–water partition coefficient (Wildman–Crippen LogP) is 3.61. The van der Waals surface area contributed by atoms with E-state index in [9.17, 15) is 0 Å². The van der Waals surface area contributed by atoms with Gasteiger partial charge in [-0.3, -0.25) is 0 Å². The van der Waals surface area contributed by atoms with E-state index in [0.717, 1.165) is 0 Å². The molecule has 0 radical (unpaired) electrons. The first-order valence-corrected chi connectivity index (χ1v) is 4.99. The van der Waals surface area contributed by atoms with Crippen molar-refractivity contribution in [1.82, 2.24) is 4.84 Å². The molecule has 72 valence electrons. The van der Waals surface area contributed by atoms with Crippen molar-refractivity contribution in [3.63, 3.8) is 0 Å². The largest absolute Gasteiger partial charge is 0.226 e. The summed E-state index contributed by atoms with van der Waals surface area (Å²) in [6.07, 6.45) is 0. The molecule has 0 saturated carbocycles. The summed E-state index contributed by atoms with van der Waals surface area (Å²) in [6.45, 7) is 6.43. The Hall–Kier alpha value is -0.530. The van der Waals surface area contributed by atoms with Gasteiger partial charge in [-0.1, -0.05) is 38.1 Å². The highest BCUT2D eigenvalue weighted by atomic mass is 35.5. The Morgan fingerprint density at radius 1 is 1.15 bits per heavy atom. The van der Waals surface area contributed by atoms with E-state index in [-0.39, 0.29) is 6.04 Å². The van der Waals surface area contributed by atoms with Gasteiger partial charge in [0.2, 0.25) is 0 Å². The molecule has 0 aromatic heterocycles. The third-order valence-corrected chi connectivity index (χ3v) is 2.57. The molecule has 0 heterocycles. The molecule has 1 aromatic rings. The number of hydrogen-bond acceptors (Lipinski definition) is 1. The molecule has 0 saturated heterocycles. The van der Waals surface area contributed by atoms with Gasteiger partial charge in [-0.2, -0.15) is 0 Å². The van der Waals surface area contributed by atoms with Gasteiger partial charge in [-0.05, 0) is 35.7 Å². The van der Waals surface area contributed by atoms with Gasteiger partial charge in [0, 0.05) is 6.04 Å². The average molecular weight is 198 g/mol. The lowest BCUT2D eigenvalue weighted by molar-refractivity contribution is 0.740. The van der Waals surface area contributed by atoms with E-state index in [0.29, 0.717) is 5.92 Å². The van der Waals surface area contributed by atoms with Gasteiger partial charge < -0.3 is 0 Å². The van der Waals surface area contributed by atoms with Crippen LogP contribution in [0.15, 0.2) is 24.3 Å². The van der Waals surface area contributed by atoms with Crippen LogP contribution in [0, 0.1) is 0 Å². The van der Waals surface area contributed by atoms with Crippen LogP contribution in [0.5, 0.6) is 0 Å². The standard InChI is InChI=1S/C11H16ClN/c1-8(2)10-5-4-6-11(7-10)9(3)13-12/h4-9,13H,1-3H3/t9-/m0/s1. The summed E-state index contributed by atoms with van der Waals surface area (Å²) in [5, 5.41) is 0. The number of rotatable bonds is 3. The maximum atomic E-state index is 5.57. The summed E-state index contributed by atoms with van der Waals surface area (Å²) in [6, 6.07) is 8.72. The molecule has 1 rings (SSSR count). The Morgan fingerprint density at radius 2 is 1.77 bits per heavy atom. The summed E-state index contributed by atoms with van der Waals surface area (Å²) in [7, 11) is 0. The summed E-state index contributed by atoms with van der Waals surface area (Å²) in [5.74, 6) is 0.572. The molecule has 0 unspecified atom stereocenters. The van der Waals surface area contributed by atoms with Crippen molar-refractivity contribution in [2.75, 3.05) is 0 Å². The lowest BCUT2D eigenvalue weighted by Gasteiger charge is -2.12. The molecule has 2 heteroatoms. The van der Waals surface area contributed by atoms with Gasteiger partial charge in [-0.25, -0.2) is 4.84 Å². The van der Waals surface area contributed by atoms with Crippen molar-refractivity contribution in [2.45, 2.75) is 32.7 Å². The van der Waals surface area contributed by atoms with Crippen molar-refractivity contribution in [1.29, 1.82) is 0 Å². The fourth-order valence-corrected chi connectivity index (χ4v) is 1.38. The summed E-state index contributed by atoms with van der Waals surface area (Å²) in [4.78, 5) is 2.72. The highest BCUT2D eigenvalue weighted by Crippen LogP contribution is 2.19. The van der Waals surface area contributed by atoms with Gasteiger partial charge in [-0.15, -0.1) is 0 Å². The normalized spacial score (nSPS) is 13.3. The molecule has 0 bridgehead atoms. The van der Waals surface area contributed by atoms with E-state index in [1.807, 2.05) is 6.92 Å². The molecule has 1 nitrogen and oxygen atoms in total. The Morgan fingerprint density at radius 3 is 2.31 bits per heavy atom. The van der Waals surface area contributed by atoms with Gasteiger partial charge >= 0.3 is 0 Å². The maximum Gasteiger partial charge on any atom is 0.0442 e. The zero-order chi connectivity index (χ0) is 9.84. The summed E-state index contributed by atoms with van der Waals surface area (Å²) >= 11 is 5.57. The Labute approximate surface area is 85.2 Å². The number of nitrogens with one attached hydrogen (secondary N) is 1. The molecular weight excluding hydrogens is 182 g/mol. The van der Waals surface area contributed by atoms with Gasteiger partial charge in [0.25, 0.3) is 0 Å². The smallest absolute Gasteiger partial charge is 0.0442 e. The van der Waals surface area contributed by atoms with Crippen LogP contribution in [0.25, 0.3) is 0 Å². The van der Waals surface area contributed by atoms with E-state index >= 15 is 0 Å². The highest BCUT2D eigenvalue weighted by molar-refractivity contribution is 6.13. The first-order valence-electron chi connectivity index (χ1n) is 4.61. The van der Waals surface area contributed by atoms with Gasteiger partial charge in [0.1, 0.15) is 0 Å². The topological polar surface area (TPSA) is 12.0 Å². The van der Waals surface area contributed by atoms with Crippen LogP contribution < -0.4 is 4.84 Å². The van der Waals surface area contributed by atoms with Crippen LogP contribution in [0.3, 0.4) is 0 Å².